The summed E-state index contributed by atoms with van der Waals surface area (Å²) in [6.45, 7) is 5.95. The molecule has 2 atom stereocenters. The Bertz CT molecular complexity index is 411. The summed E-state index contributed by atoms with van der Waals surface area (Å²) in [5.74, 6) is 0.00714. The van der Waals surface area contributed by atoms with E-state index >= 15 is 0 Å². The van der Waals surface area contributed by atoms with E-state index in [1.54, 1.807) is 11.3 Å². The van der Waals surface area contributed by atoms with Gasteiger partial charge in [0.15, 0.2) is 0 Å². The number of amides is 1. The van der Waals surface area contributed by atoms with Crippen LogP contribution in [-0.4, -0.2) is 32.2 Å². The van der Waals surface area contributed by atoms with Crippen LogP contribution >= 0.6 is 11.3 Å². The van der Waals surface area contributed by atoms with Gasteiger partial charge in [0.25, 0.3) is 0 Å². The van der Waals surface area contributed by atoms with Gasteiger partial charge in [0.1, 0.15) is 0 Å². The van der Waals surface area contributed by atoms with Crippen molar-refractivity contribution in [3.63, 3.8) is 0 Å². The molecule has 0 aromatic carbocycles. The maximum absolute atomic E-state index is 12.1. The van der Waals surface area contributed by atoms with Gasteiger partial charge in [-0.1, -0.05) is 0 Å². The molecule has 0 aliphatic carbocycles. The fourth-order valence-corrected chi connectivity index (χ4v) is 3.13. The third kappa shape index (κ3) is 2.91. The predicted octanol–water partition coefficient (Wildman–Crippen LogP) is 1.22. The molecule has 1 aliphatic heterocycles. The molecule has 1 aromatic rings. The minimum atomic E-state index is -0.0721. The average molecular weight is 268 g/mol. The molecular formula is C13H20N2O2S. The summed E-state index contributed by atoms with van der Waals surface area (Å²) in [6.07, 6.45) is 0. The number of aryl methyl sites for hydroxylation is 2. The van der Waals surface area contributed by atoms with E-state index < -0.39 is 0 Å². The highest BCUT2D eigenvalue weighted by molar-refractivity contribution is 7.12. The summed E-state index contributed by atoms with van der Waals surface area (Å²) >= 11 is 1.74. The molecule has 1 fully saturated rings. The van der Waals surface area contributed by atoms with E-state index in [-0.39, 0.29) is 17.9 Å². The molecule has 0 spiro atoms. The van der Waals surface area contributed by atoms with E-state index in [9.17, 15) is 4.79 Å². The number of thiophene rings is 1. The second-order valence-electron chi connectivity index (χ2n) is 4.71. The van der Waals surface area contributed by atoms with Crippen molar-refractivity contribution < 1.29 is 9.53 Å². The van der Waals surface area contributed by atoms with Crippen molar-refractivity contribution in [1.82, 2.24) is 10.6 Å². The van der Waals surface area contributed by atoms with E-state index in [2.05, 4.69) is 30.5 Å². The Kier molecular flexibility index (Phi) is 4.37. The van der Waals surface area contributed by atoms with Gasteiger partial charge >= 0.3 is 0 Å². The summed E-state index contributed by atoms with van der Waals surface area (Å²) in [5, 5.41) is 6.12. The van der Waals surface area contributed by atoms with Crippen LogP contribution in [-0.2, 0) is 16.1 Å². The zero-order chi connectivity index (χ0) is 13.1. The van der Waals surface area contributed by atoms with Crippen LogP contribution in [0.5, 0.6) is 0 Å². The molecule has 0 saturated carbocycles. The lowest BCUT2D eigenvalue weighted by atomic mass is 10.0. The second kappa shape index (κ2) is 5.82. The van der Waals surface area contributed by atoms with Gasteiger partial charge in [-0.05, 0) is 32.5 Å². The first kappa shape index (κ1) is 13.5. The van der Waals surface area contributed by atoms with Crippen LogP contribution in [0.4, 0.5) is 0 Å². The van der Waals surface area contributed by atoms with Crippen molar-refractivity contribution in [2.75, 3.05) is 20.3 Å². The molecule has 0 bridgehead atoms. The molecule has 0 radical (unpaired) electrons. The van der Waals surface area contributed by atoms with Gasteiger partial charge in [0.2, 0.25) is 5.91 Å². The minimum absolute atomic E-state index is 0.0721. The van der Waals surface area contributed by atoms with Crippen LogP contribution in [0, 0.1) is 19.8 Å². The first-order valence-electron chi connectivity index (χ1n) is 6.20. The van der Waals surface area contributed by atoms with Crippen molar-refractivity contribution >= 4 is 17.2 Å². The summed E-state index contributed by atoms with van der Waals surface area (Å²) in [4.78, 5) is 14.6. The fourth-order valence-electron chi connectivity index (χ4n) is 2.14. The first-order chi connectivity index (χ1) is 8.61. The second-order valence-corrected chi connectivity index (χ2v) is 6.05. The standard InChI is InChI=1S/C13H20N2O2S/c1-8-4-10(18-9(8)2)5-15-13(16)11-6-17-7-12(11)14-3/h4,11-12,14H,5-7H2,1-3H3,(H,15,16). The van der Waals surface area contributed by atoms with Crippen molar-refractivity contribution in [1.29, 1.82) is 0 Å². The molecule has 5 heteroatoms. The van der Waals surface area contributed by atoms with Gasteiger partial charge in [0.05, 0.1) is 25.7 Å². The first-order valence-corrected chi connectivity index (χ1v) is 7.02. The van der Waals surface area contributed by atoms with Crippen LogP contribution in [0.2, 0.25) is 0 Å². The Balaban J connectivity index is 1.88. The Morgan fingerprint density at radius 1 is 1.50 bits per heavy atom. The molecule has 2 unspecified atom stereocenters. The largest absolute Gasteiger partial charge is 0.379 e. The molecule has 4 nitrogen and oxygen atoms in total. The van der Waals surface area contributed by atoms with Gasteiger partial charge in [-0.2, -0.15) is 0 Å². The van der Waals surface area contributed by atoms with Crippen LogP contribution in [0.3, 0.4) is 0 Å². The van der Waals surface area contributed by atoms with Crippen molar-refractivity contribution in [2.45, 2.75) is 26.4 Å². The van der Waals surface area contributed by atoms with E-state index in [0.29, 0.717) is 19.8 Å². The predicted molar refractivity (Wildman–Crippen MR) is 72.8 cm³/mol. The van der Waals surface area contributed by atoms with Gasteiger partial charge in [-0.3, -0.25) is 4.79 Å². The lowest BCUT2D eigenvalue weighted by Gasteiger charge is -2.15. The summed E-state index contributed by atoms with van der Waals surface area (Å²) in [7, 11) is 1.87. The average Bonchev–Trinajstić information content (AvgIpc) is 2.94. The Morgan fingerprint density at radius 2 is 2.28 bits per heavy atom. The SMILES string of the molecule is CNC1COCC1C(=O)NCc1cc(C)c(C)s1. The lowest BCUT2D eigenvalue weighted by molar-refractivity contribution is -0.125. The molecule has 1 aliphatic rings. The van der Waals surface area contributed by atoms with Gasteiger partial charge in [-0.25, -0.2) is 0 Å². The van der Waals surface area contributed by atoms with Gasteiger partial charge < -0.3 is 15.4 Å². The van der Waals surface area contributed by atoms with Crippen molar-refractivity contribution in [2.24, 2.45) is 5.92 Å². The number of carbonyl (C=O) groups excluding carboxylic acids is 1. The topological polar surface area (TPSA) is 50.4 Å². The zero-order valence-corrected chi connectivity index (χ0v) is 11.9. The number of rotatable bonds is 4. The molecule has 2 rings (SSSR count). The number of hydrogen-bond donors (Lipinski definition) is 2. The van der Waals surface area contributed by atoms with E-state index in [1.807, 2.05) is 7.05 Å². The molecule has 1 aromatic heterocycles. The molecule has 100 valence electrons. The normalized spacial score (nSPS) is 23.3. The van der Waals surface area contributed by atoms with Crippen LogP contribution in [0.15, 0.2) is 6.07 Å². The van der Waals surface area contributed by atoms with E-state index in [4.69, 9.17) is 4.74 Å². The molecule has 2 N–H and O–H groups in total. The Hall–Kier alpha value is -0.910. The maximum Gasteiger partial charge on any atom is 0.227 e. The highest BCUT2D eigenvalue weighted by Crippen LogP contribution is 2.20. The summed E-state index contributed by atoms with van der Waals surface area (Å²) < 4.78 is 5.34. The Morgan fingerprint density at radius 3 is 2.89 bits per heavy atom. The molecule has 2 heterocycles. The zero-order valence-electron chi connectivity index (χ0n) is 11.1. The van der Waals surface area contributed by atoms with Crippen LogP contribution in [0.1, 0.15) is 15.3 Å². The van der Waals surface area contributed by atoms with E-state index in [1.165, 1.54) is 15.3 Å². The number of hydrogen-bond acceptors (Lipinski definition) is 4. The van der Waals surface area contributed by atoms with E-state index in [0.717, 1.165) is 0 Å². The lowest BCUT2D eigenvalue weighted by Crippen LogP contribution is -2.42. The maximum atomic E-state index is 12.1. The third-order valence-corrected chi connectivity index (χ3v) is 4.59. The smallest absolute Gasteiger partial charge is 0.227 e. The summed E-state index contributed by atoms with van der Waals surface area (Å²) in [5.41, 5.74) is 1.29. The number of carbonyl (C=O) groups is 1. The monoisotopic (exact) mass is 268 g/mol. The minimum Gasteiger partial charge on any atom is -0.379 e. The fraction of sp³-hybridized carbons (Fsp3) is 0.615. The third-order valence-electron chi connectivity index (χ3n) is 3.44. The molecule has 18 heavy (non-hydrogen) atoms. The van der Waals surface area contributed by atoms with Crippen LogP contribution in [0.25, 0.3) is 0 Å². The number of nitrogens with one attached hydrogen (secondary N) is 2. The van der Waals surface area contributed by atoms with Gasteiger partial charge in [-0.15, -0.1) is 11.3 Å². The molecular weight excluding hydrogens is 248 g/mol. The Labute approximate surface area is 112 Å². The van der Waals surface area contributed by atoms with Crippen molar-refractivity contribution in [3.05, 3.63) is 21.4 Å². The summed E-state index contributed by atoms with van der Waals surface area (Å²) in [6, 6.07) is 2.28. The molecule has 1 amide bonds. The quantitative estimate of drug-likeness (QED) is 0.863. The highest BCUT2D eigenvalue weighted by atomic mass is 32.1. The van der Waals surface area contributed by atoms with Crippen LogP contribution < -0.4 is 10.6 Å². The molecule has 1 saturated heterocycles. The highest BCUT2D eigenvalue weighted by Gasteiger charge is 2.32. The van der Waals surface area contributed by atoms with Gasteiger partial charge in [0, 0.05) is 15.8 Å². The number of ether oxygens (including phenoxy) is 1. The number of likely N-dealkylation sites (N-methyl/N-ethyl adjacent to an activating group) is 1. The van der Waals surface area contributed by atoms with Crippen molar-refractivity contribution in [3.8, 4) is 0 Å².